The van der Waals surface area contributed by atoms with Gasteiger partial charge < -0.3 is 24.8 Å². The average Bonchev–Trinajstić information content (AvgIpc) is 3.00. The smallest absolute Gasteiger partial charge is 0.456 e. The molecule has 2 aliphatic rings. The van der Waals surface area contributed by atoms with E-state index >= 15 is 0 Å². The lowest BCUT2D eigenvalue weighted by atomic mass is 10.2. The Kier molecular flexibility index (Phi) is 5.20. The third-order valence-electron chi connectivity index (χ3n) is 4.11. The number of amides is 2. The highest BCUT2D eigenvalue weighted by Crippen LogP contribution is 2.42. The van der Waals surface area contributed by atoms with E-state index in [1.165, 1.54) is 23.9 Å². The van der Waals surface area contributed by atoms with Gasteiger partial charge in [0.1, 0.15) is 0 Å². The molecule has 2 aromatic carbocycles. The second kappa shape index (κ2) is 7.82. The van der Waals surface area contributed by atoms with Crippen molar-refractivity contribution < 1.29 is 37.4 Å². The quantitative estimate of drug-likeness (QED) is 0.695. The molecule has 11 heteroatoms. The van der Waals surface area contributed by atoms with E-state index in [0.717, 1.165) is 11.0 Å². The summed E-state index contributed by atoms with van der Waals surface area (Å²) in [5.74, 6) is -2.11. The van der Waals surface area contributed by atoms with E-state index in [4.69, 9.17) is 4.74 Å². The predicted octanol–water partition coefficient (Wildman–Crippen LogP) is 2.99. The van der Waals surface area contributed by atoms with E-state index in [-0.39, 0.29) is 29.5 Å². The van der Waals surface area contributed by atoms with Crippen molar-refractivity contribution in [2.24, 2.45) is 0 Å². The topological polar surface area (TPSA) is 103 Å². The standard InChI is InChI=1S/C19H14F2N2O6S/c20-19(21)28-12-6-5-10(7-13(12)29-19)22-16(24)9-27-17(25)8-15-18(26)23-11-3-1-2-4-14(11)30-15/h1-7,15H,8-9H2,(H,22,24)(H,23,26)/t15-/m1/s1. The number of hydrogen-bond acceptors (Lipinski definition) is 7. The number of alkyl halides is 2. The third kappa shape index (κ3) is 4.46. The minimum absolute atomic E-state index is 0.158. The van der Waals surface area contributed by atoms with Crippen LogP contribution >= 0.6 is 11.8 Å². The lowest BCUT2D eigenvalue weighted by Crippen LogP contribution is -2.32. The van der Waals surface area contributed by atoms with Crippen LogP contribution in [-0.2, 0) is 19.1 Å². The van der Waals surface area contributed by atoms with Crippen molar-refractivity contribution in [2.75, 3.05) is 17.2 Å². The van der Waals surface area contributed by atoms with Gasteiger partial charge in [-0.25, -0.2) is 0 Å². The Labute approximate surface area is 172 Å². The molecule has 0 saturated heterocycles. The minimum Gasteiger partial charge on any atom is -0.456 e. The number of fused-ring (bicyclic) bond motifs is 2. The van der Waals surface area contributed by atoms with Gasteiger partial charge in [-0.05, 0) is 24.3 Å². The maximum atomic E-state index is 13.0. The van der Waals surface area contributed by atoms with Crippen molar-refractivity contribution in [3.8, 4) is 11.5 Å². The molecule has 8 nitrogen and oxygen atoms in total. The van der Waals surface area contributed by atoms with Crippen molar-refractivity contribution >= 4 is 40.9 Å². The maximum Gasteiger partial charge on any atom is 0.586 e. The molecule has 1 atom stereocenters. The van der Waals surface area contributed by atoms with Crippen LogP contribution in [0.15, 0.2) is 47.4 Å². The van der Waals surface area contributed by atoms with E-state index in [1.54, 1.807) is 12.1 Å². The molecule has 0 unspecified atom stereocenters. The molecule has 0 aliphatic carbocycles. The van der Waals surface area contributed by atoms with E-state index in [2.05, 4.69) is 20.1 Å². The first-order valence-corrected chi connectivity index (χ1v) is 9.59. The normalized spacial score (nSPS) is 18.2. The zero-order valence-electron chi connectivity index (χ0n) is 15.1. The first-order valence-electron chi connectivity index (χ1n) is 8.71. The Bertz CT molecular complexity index is 1030. The summed E-state index contributed by atoms with van der Waals surface area (Å²) in [5, 5.41) is 4.44. The number of ether oxygens (including phenoxy) is 3. The number of anilines is 2. The molecule has 30 heavy (non-hydrogen) atoms. The van der Waals surface area contributed by atoms with Gasteiger partial charge in [0.25, 0.3) is 5.91 Å². The van der Waals surface area contributed by atoms with Gasteiger partial charge in [0, 0.05) is 16.6 Å². The number of rotatable bonds is 5. The number of hydrogen-bond donors (Lipinski definition) is 2. The summed E-state index contributed by atoms with van der Waals surface area (Å²) < 4.78 is 39.5. The molecular formula is C19H14F2N2O6S. The van der Waals surface area contributed by atoms with Crippen molar-refractivity contribution in [1.29, 1.82) is 0 Å². The van der Waals surface area contributed by atoms with Gasteiger partial charge in [0.2, 0.25) is 5.91 Å². The van der Waals surface area contributed by atoms with Crippen molar-refractivity contribution in [3.05, 3.63) is 42.5 Å². The molecule has 0 saturated carbocycles. The number of carbonyl (C=O) groups excluding carboxylic acids is 3. The minimum atomic E-state index is -3.76. The molecule has 0 fully saturated rings. The van der Waals surface area contributed by atoms with Crippen LogP contribution in [0.1, 0.15) is 6.42 Å². The van der Waals surface area contributed by atoms with E-state index < -0.39 is 30.0 Å². The summed E-state index contributed by atoms with van der Waals surface area (Å²) in [6.07, 6.45) is -3.97. The lowest BCUT2D eigenvalue weighted by molar-refractivity contribution is -0.286. The molecule has 0 bridgehead atoms. The molecule has 156 valence electrons. The van der Waals surface area contributed by atoms with Crippen LogP contribution in [0.4, 0.5) is 20.2 Å². The number of benzene rings is 2. The summed E-state index contributed by atoms with van der Waals surface area (Å²) in [6.45, 7) is -0.598. The fourth-order valence-electron chi connectivity index (χ4n) is 2.81. The van der Waals surface area contributed by atoms with Gasteiger partial charge in [-0.3, -0.25) is 14.4 Å². The molecule has 2 aromatic rings. The van der Waals surface area contributed by atoms with E-state index in [9.17, 15) is 23.2 Å². The first kappa shape index (κ1) is 20.0. The monoisotopic (exact) mass is 436 g/mol. The third-order valence-corrected chi connectivity index (χ3v) is 5.38. The maximum absolute atomic E-state index is 13.0. The Morgan fingerprint density at radius 3 is 2.77 bits per heavy atom. The van der Waals surface area contributed by atoms with E-state index in [0.29, 0.717) is 5.69 Å². The highest BCUT2D eigenvalue weighted by atomic mass is 32.2. The van der Waals surface area contributed by atoms with Crippen LogP contribution < -0.4 is 20.1 Å². The lowest BCUT2D eigenvalue weighted by Gasteiger charge is -2.23. The highest BCUT2D eigenvalue weighted by molar-refractivity contribution is 8.01. The van der Waals surface area contributed by atoms with Crippen LogP contribution in [0.3, 0.4) is 0 Å². The van der Waals surface area contributed by atoms with Gasteiger partial charge >= 0.3 is 12.3 Å². The number of halogens is 2. The van der Waals surface area contributed by atoms with Crippen LogP contribution in [-0.4, -0.2) is 35.9 Å². The number of esters is 1. The molecule has 2 amide bonds. The zero-order valence-corrected chi connectivity index (χ0v) is 16.0. The molecule has 0 radical (unpaired) electrons. The zero-order chi connectivity index (χ0) is 21.3. The molecule has 2 N–H and O–H groups in total. The summed E-state index contributed by atoms with van der Waals surface area (Å²) in [4.78, 5) is 37.0. The number of nitrogens with one attached hydrogen (secondary N) is 2. The largest absolute Gasteiger partial charge is 0.586 e. The number of para-hydroxylation sites is 1. The van der Waals surface area contributed by atoms with Gasteiger partial charge in [0.05, 0.1) is 17.4 Å². The summed E-state index contributed by atoms with van der Waals surface area (Å²) in [6, 6.07) is 10.9. The van der Waals surface area contributed by atoms with Crippen molar-refractivity contribution in [2.45, 2.75) is 22.9 Å². The molecule has 0 aromatic heterocycles. The summed E-state index contributed by atoms with van der Waals surface area (Å²) >= 11 is 1.24. The number of thioether (sulfide) groups is 1. The molecule has 2 heterocycles. The molecule has 0 spiro atoms. The van der Waals surface area contributed by atoms with Crippen LogP contribution in [0.2, 0.25) is 0 Å². The fraction of sp³-hybridized carbons (Fsp3) is 0.211. The Morgan fingerprint density at radius 1 is 1.17 bits per heavy atom. The highest BCUT2D eigenvalue weighted by Gasteiger charge is 2.43. The van der Waals surface area contributed by atoms with Gasteiger partial charge in [-0.15, -0.1) is 20.5 Å². The summed E-state index contributed by atoms with van der Waals surface area (Å²) in [5.41, 5.74) is 0.841. The van der Waals surface area contributed by atoms with Gasteiger partial charge in [-0.2, -0.15) is 0 Å². The molecule has 4 rings (SSSR count). The Morgan fingerprint density at radius 2 is 1.93 bits per heavy atom. The molecule has 2 aliphatic heterocycles. The van der Waals surface area contributed by atoms with Crippen molar-refractivity contribution in [3.63, 3.8) is 0 Å². The summed E-state index contributed by atoms with van der Waals surface area (Å²) in [7, 11) is 0. The van der Waals surface area contributed by atoms with E-state index in [1.807, 2.05) is 12.1 Å². The molecular weight excluding hydrogens is 422 g/mol. The fourth-order valence-corrected chi connectivity index (χ4v) is 3.90. The second-order valence-corrected chi connectivity index (χ2v) is 7.58. The van der Waals surface area contributed by atoms with Crippen LogP contribution in [0.5, 0.6) is 11.5 Å². The number of carbonyl (C=O) groups is 3. The van der Waals surface area contributed by atoms with Crippen molar-refractivity contribution in [1.82, 2.24) is 0 Å². The second-order valence-electron chi connectivity index (χ2n) is 6.33. The SMILES string of the molecule is O=C(COC(=O)C[C@H]1Sc2ccccc2NC1=O)Nc1ccc2c(c1)OC(F)(F)O2. The van der Waals surface area contributed by atoms with Crippen LogP contribution in [0, 0.1) is 0 Å². The predicted molar refractivity (Wildman–Crippen MR) is 102 cm³/mol. The van der Waals surface area contributed by atoms with Crippen LogP contribution in [0.25, 0.3) is 0 Å². The first-order chi connectivity index (χ1) is 14.3. The Hall–Kier alpha value is -3.34. The average molecular weight is 436 g/mol. The Balaban J connectivity index is 1.27. The van der Waals surface area contributed by atoms with Gasteiger partial charge in [0.15, 0.2) is 18.1 Å². The van der Waals surface area contributed by atoms with Gasteiger partial charge in [-0.1, -0.05) is 12.1 Å².